The van der Waals surface area contributed by atoms with Gasteiger partial charge < -0.3 is 5.32 Å². The summed E-state index contributed by atoms with van der Waals surface area (Å²) in [5, 5.41) is 10.7. The molecule has 2 aromatic rings. The second-order valence-corrected chi connectivity index (χ2v) is 3.48. The summed E-state index contributed by atoms with van der Waals surface area (Å²) in [6.07, 6.45) is 1.65. The number of benzene rings is 1. The molecule has 0 spiro atoms. The van der Waals surface area contributed by atoms with E-state index in [-0.39, 0.29) is 0 Å². The number of aromatic nitrogens is 2. The lowest BCUT2D eigenvalue weighted by Crippen LogP contribution is -1.91. The molecule has 0 unspecified atom stereocenters. The summed E-state index contributed by atoms with van der Waals surface area (Å²) in [5.41, 5.74) is 0.753. The van der Waals surface area contributed by atoms with Gasteiger partial charge in [-0.25, -0.2) is 0 Å². The van der Waals surface area contributed by atoms with Gasteiger partial charge in [0.15, 0.2) is 0 Å². The minimum Gasteiger partial charge on any atom is -0.339 e. The predicted molar refractivity (Wildman–Crippen MR) is 58.3 cm³/mol. The van der Waals surface area contributed by atoms with Crippen molar-refractivity contribution in [2.75, 3.05) is 5.32 Å². The Morgan fingerprint density at radius 1 is 1.21 bits per heavy atom. The summed E-state index contributed by atoms with van der Waals surface area (Å²) < 4.78 is 0. The number of aromatic amines is 1. The number of H-pyrrole nitrogens is 1. The largest absolute Gasteiger partial charge is 0.339 e. The average molecular weight is 228 g/mol. The van der Waals surface area contributed by atoms with Crippen LogP contribution in [0.5, 0.6) is 0 Å². The molecule has 1 aromatic carbocycles. The highest BCUT2D eigenvalue weighted by atomic mass is 35.5. The van der Waals surface area contributed by atoms with Gasteiger partial charge in [-0.15, -0.1) is 0 Å². The standard InChI is InChI=1S/C9H7Cl2N3/c10-6-2-1-3-7(9(6)11)13-8-4-5-12-14-8/h1-5H,(H2,12,13,14). The van der Waals surface area contributed by atoms with Crippen LogP contribution in [0.3, 0.4) is 0 Å². The maximum Gasteiger partial charge on any atom is 0.125 e. The van der Waals surface area contributed by atoms with Gasteiger partial charge in [0.05, 0.1) is 21.9 Å². The molecule has 0 atom stereocenters. The third-order valence-electron chi connectivity index (χ3n) is 1.72. The van der Waals surface area contributed by atoms with Crippen LogP contribution in [0.1, 0.15) is 0 Å². The number of nitrogens with one attached hydrogen (secondary N) is 2. The monoisotopic (exact) mass is 227 g/mol. The van der Waals surface area contributed by atoms with Crippen molar-refractivity contribution in [2.24, 2.45) is 0 Å². The van der Waals surface area contributed by atoms with Crippen molar-refractivity contribution in [1.82, 2.24) is 10.2 Å². The SMILES string of the molecule is Clc1cccc(Nc2ccn[nH]2)c1Cl. The molecule has 0 amide bonds. The van der Waals surface area contributed by atoms with Crippen molar-refractivity contribution in [1.29, 1.82) is 0 Å². The van der Waals surface area contributed by atoms with E-state index in [4.69, 9.17) is 23.2 Å². The zero-order valence-electron chi connectivity index (χ0n) is 7.09. The lowest BCUT2D eigenvalue weighted by Gasteiger charge is -2.06. The first-order valence-corrected chi connectivity index (χ1v) is 4.73. The Bertz CT molecular complexity index is 426. The quantitative estimate of drug-likeness (QED) is 0.826. The van der Waals surface area contributed by atoms with Gasteiger partial charge >= 0.3 is 0 Å². The maximum absolute atomic E-state index is 5.98. The van der Waals surface area contributed by atoms with Crippen molar-refractivity contribution in [3.05, 3.63) is 40.5 Å². The molecule has 0 bridgehead atoms. The number of hydrogen-bond acceptors (Lipinski definition) is 2. The number of halogens is 2. The molecule has 0 aliphatic rings. The highest BCUT2D eigenvalue weighted by molar-refractivity contribution is 6.43. The zero-order chi connectivity index (χ0) is 9.97. The van der Waals surface area contributed by atoms with E-state index >= 15 is 0 Å². The number of rotatable bonds is 2. The van der Waals surface area contributed by atoms with Gasteiger partial charge in [0.2, 0.25) is 0 Å². The van der Waals surface area contributed by atoms with E-state index in [0.29, 0.717) is 10.0 Å². The zero-order valence-corrected chi connectivity index (χ0v) is 8.60. The third kappa shape index (κ3) is 1.84. The van der Waals surface area contributed by atoms with E-state index < -0.39 is 0 Å². The van der Waals surface area contributed by atoms with E-state index in [1.54, 1.807) is 18.3 Å². The summed E-state index contributed by atoms with van der Waals surface area (Å²) in [5.74, 6) is 0.772. The highest BCUT2D eigenvalue weighted by Gasteiger charge is 2.04. The van der Waals surface area contributed by atoms with Crippen molar-refractivity contribution < 1.29 is 0 Å². The number of hydrogen-bond donors (Lipinski definition) is 2. The molecule has 3 nitrogen and oxygen atoms in total. The van der Waals surface area contributed by atoms with Crippen LogP contribution in [0, 0.1) is 0 Å². The second kappa shape index (κ2) is 3.90. The van der Waals surface area contributed by atoms with Crippen LogP contribution in [0.4, 0.5) is 11.5 Å². The fourth-order valence-electron chi connectivity index (χ4n) is 1.07. The van der Waals surface area contributed by atoms with E-state index in [2.05, 4.69) is 15.5 Å². The molecule has 0 aliphatic heterocycles. The molecule has 5 heteroatoms. The molecular weight excluding hydrogens is 221 g/mol. The van der Waals surface area contributed by atoms with E-state index in [1.807, 2.05) is 12.1 Å². The first-order valence-electron chi connectivity index (χ1n) is 3.98. The Hall–Kier alpha value is -1.19. The lowest BCUT2D eigenvalue weighted by molar-refractivity contribution is 1.09. The van der Waals surface area contributed by atoms with Crippen LogP contribution in [-0.2, 0) is 0 Å². The van der Waals surface area contributed by atoms with Crippen molar-refractivity contribution >= 4 is 34.7 Å². The fraction of sp³-hybridized carbons (Fsp3) is 0. The molecule has 1 aromatic heterocycles. The number of nitrogens with zero attached hydrogens (tertiary/aromatic N) is 1. The van der Waals surface area contributed by atoms with Gasteiger partial charge in [-0.05, 0) is 12.1 Å². The van der Waals surface area contributed by atoms with Crippen LogP contribution in [0.25, 0.3) is 0 Å². The Labute approximate surface area is 91.0 Å². The molecular formula is C9H7Cl2N3. The van der Waals surface area contributed by atoms with Gasteiger partial charge in [-0.1, -0.05) is 29.3 Å². The van der Waals surface area contributed by atoms with Gasteiger partial charge in [0.25, 0.3) is 0 Å². The molecule has 0 aliphatic carbocycles. The fourth-order valence-corrected chi connectivity index (χ4v) is 1.42. The van der Waals surface area contributed by atoms with Crippen LogP contribution in [0.2, 0.25) is 10.0 Å². The second-order valence-electron chi connectivity index (χ2n) is 2.70. The smallest absolute Gasteiger partial charge is 0.125 e. The van der Waals surface area contributed by atoms with Gasteiger partial charge in [0.1, 0.15) is 5.82 Å². The molecule has 2 rings (SSSR count). The molecule has 0 saturated carbocycles. The molecule has 72 valence electrons. The van der Waals surface area contributed by atoms with Gasteiger partial charge in [-0.2, -0.15) is 5.10 Å². The summed E-state index contributed by atoms with van der Waals surface area (Å²) in [6, 6.07) is 7.21. The van der Waals surface area contributed by atoms with E-state index in [0.717, 1.165) is 11.5 Å². The Kier molecular flexibility index (Phi) is 2.61. The Morgan fingerprint density at radius 3 is 2.79 bits per heavy atom. The number of anilines is 2. The van der Waals surface area contributed by atoms with Crippen molar-refractivity contribution in [2.45, 2.75) is 0 Å². The van der Waals surface area contributed by atoms with Crippen LogP contribution in [-0.4, -0.2) is 10.2 Å². The Morgan fingerprint density at radius 2 is 2.07 bits per heavy atom. The van der Waals surface area contributed by atoms with Crippen LogP contribution >= 0.6 is 23.2 Å². The van der Waals surface area contributed by atoms with E-state index in [1.165, 1.54) is 0 Å². The minimum absolute atomic E-state index is 0.503. The maximum atomic E-state index is 5.98. The summed E-state index contributed by atoms with van der Waals surface area (Å²) in [4.78, 5) is 0. The molecule has 2 N–H and O–H groups in total. The van der Waals surface area contributed by atoms with Crippen LogP contribution < -0.4 is 5.32 Å². The summed E-state index contributed by atoms with van der Waals surface area (Å²) >= 11 is 11.8. The van der Waals surface area contributed by atoms with Crippen LogP contribution in [0.15, 0.2) is 30.5 Å². The average Bonchev–Trinajstić information content (AvgIpc) is 2.66. The molecule has 1 heterocycles. The summed E-state index contributed by atoms with van der Waals surface area (Å²) in [6.45, 7) is 0. The highest BCUT2D eigenvalue weighted by Crippen LogP contribution is 2.30. The van der Waals surface area contributed by atoms with Crippen molar-refractivity contribution in [3.63, 3.8) is 0 Å². The van der Waals surface area contributed by atoms with E-state index in [9.17, 15) is 0 Å². The van der Waals surface area contributed by atoms with Gasteiger partial charge in [-0.3, -0.25) is 5.10 Å². The topological polar surface area (TPSA) is 40.7 Å². The lowest BCUT2D eigenvalue weighted by atomic mass is 10.3. The summed E-state index contributed by atoms with van der Waals surface area (Å²) in [7, 11) is 0. The Balaban J connectivity index is 2.29. The van der Waals surface area contributed by atoms with Crippen molar-refractivity contribution in [3.8, 4) is 0 Å². The molecule has 14 heavy (non-hydrogen) atoms. The minimum atomic E-state index is 0.503. The molecule has 0 radical (unpaired) electrons. The first-order chi connectivity index (χ1) is 6.77. The normalized spacial score (nSPS) is 10.1. The molecule has 0 fully saturated rings. The van der Waals surface area contributed by atoms with Gasteiger partial charge in [0, 0.05) is 6.07 Å². The first kappa shape index (κ1) is 9.37. The molecule has 0 saturated heterocycles. The third-order valence-corrected chi connectivity index (χ3v) is 2.54. The predicted octanol–water partition coefficient (Wildman–Crippen LogP) is 3.46.